The van der Waals surface area contributed by atoms with Crippen molar-refractivity contribution in [1.29, 1.82) is 0 Å². The van der Waals surface area contributed by atoms with Crippen LogP contribution in [0.3, 0.4) is 0 Å². The minimum Gasteiger partial charge on any atom is -0.392 e. The molecule has 1 nitrogen and oxygen atoms in total. The van der Waals surface area contributed by atoms with E-state index in [0.29, 0.717) is 11.8 Å². The molecule has 0 bridgehead atoms. The van der Waals surface area contributed by atoms with Gasteiger partial charge in [-0.3, -0.25) is 0 Å². The van der Waals surface area contributed by atoms with Crippen LogP contribution < -0.4 is 0 Å². The number of rotatable bonds is 1. The van der Waals surface area contributed by atoms with Crippen LogP contribution in [-0.4, -0.2) is 11.2 Å². The topological polar surface area (TPSA) is 20.2 Å². The molecule has 4 rings (SSSR count). The summed E-state index contributed by atoms with van der Waals surface area (Å²) in [5, 5.41) is 10.9. The second-order valence-electron chi connectivity index (χ2n) is 9.30. The Bertz CT molecular complexity index is 544. The van der Waals surface area contributed by atoms with E-state index in [4.69, 9.17) is 0 Å². The van der Waals surface area contributed by atoms with Crippen LogP contribution in [0.25, 0.3) is 0 Å². The van der Waals surface area contributed by atoms with Gasteiger partial charge in [-0.25, -0.2) is 0 Å². The van der Waals surface area contributed by atoms with Crippen molar-refractivity contribution in [3.63, 3.8) is 0 Å². The molecule has 2 saturated carbocycles. The smallest absolute Gasteiger partial charge is 0.0624 e. The zero-order valence-corrected chi connectivity index (χ0v) is 15.4. The van der Waals surface area contributed by atoms with Gasteiger partial charge in [0.1, 0.15) is 0 Å². The molecule has 4 aliphatic rings. The van der Waals surface area contributed by atoms with Crippen LogP contribution in [0, 0.1) is 40.9 Å². The van der Waals surface area contributed by atoms with Crippen molar-refractivity contribution in [2.45, 2.75) is 72.3 Å². The van der Waals surface area contributed by atoms with Crippen LogP contribution in [0.1, 0.15) is 66.2 Å². The number of hydrogen-bond acceptors (Lipinski definition) is 1. The minimum absolute atomic E-state index is 0.0910. The Morgan fingerprint density at radius 2 is 1.96 bits per heavy atom. The third kappa shape index (κ3) is 2.15. The molecule has 0 aromatic rings. The molecule has 1 heteroatoms. The average Bonchev–Trinajstić information content (AvgIpc) is 2.75. The number of aliphatic hydroxyl groups is 1. The first-order chi connectivity index (χ1) is 11.0. The minimum atomic E-state index is -0.0910. The molecule has 0 radical (unpaired) electrons. The van der Waals surface area contributed by atoms with E-state index in [1.165, 1.54) is 38.5 Å². The second kappa shape index (κ2) is 5.48. The Morgan fingerprint density at radius 3 is 2.70 bits per heavy atom. The van der Waals surface area contributed by atoms with Crippen molar-refractivity contribution in [1.82, 2.24) is 0 Å². The van der Waals surface area contributed by atoms with Crippen LogP contribution in [0.4, 0.5) is 0 Å². The van der Waals surface area contributed by atoms with Crippen molar-refractivity contribution in [2.24, 2.45) is 40.9 Å². The Balaban J connectivity index is 1.67. The van der Waals surface area contributed by atoms with Crippen LogP contribution in [0.2, 0.25) is 0 Å². The standard InChI is InChI=1S/C22H34O/c1-5-15-6-8-17-16(12-15)7-9-19-18(17)10-11-22(4)20(19)13(2)14(3)21(22)23/h7,12-14,17-21,23H,5-6,8-11H2,1-4H3. The Kier molecular flexibility index (Phi) is 3.80. The van der Waals surface area contributed by atoms with E-state index in [2.05, 4.69) is 39.8 Å². The lowest BCUT2D eigenvalue weighted by atomic mass is 9.52. The number of allylic oxidation sites excluding steroid dienone is 4. The van der Waals surface area contributed by atoms with Gasteiger partial charge in [0.15, 0.2) is 0 Å². The third-order valence-electron chi connectivity index (χ3n) is 8.53. The van der Waals surface area contributed by atoms with Gasteiger partial charge < -0.3 is 5.11 Å². The predicted octanol–water partition coefficient (Wildman–Crippen LogP) is 5.36. The number of aliphatic hydroxyl groups excluding tert-OH is 1. The molecule has 128 valence electrons. The zero-order chi connectivity index (χ0) is 16.4. The van der Waals surface area contributed by atoms with Crippen LogP contribution in [-0.2, 0) is 0 Å². The molecule has 4 aliphatic carbocycles. The average molecular weight is 315 g/mol. The SMILES string of the molecule is CCC1=CC2=CCC3C(CCC4(C)C(O)C(C)C(C)C34)C2CC1. The Hall–Kier alpha value is -0.560. The van der Waals surface area contributed by atoms with Crippen molar-refractivity contribution >= 4 is 0 Å². The predicted molar refractivity (Wildman–Crippen MR) is 95.9 cm³/mol. The highest BCUT2D eigenvalue weighted by Crippen LogP contribution is 2.64. The van der Waals surface area contributed by atoms with Gasteiger partial charge in [-0.1, -0.05) is 45.4 Å². The monoisotopic (exact) mass is 314 g/mol. The molecule has 0 amide bonds. The third-order valence-corrected chi connectivity index (χ3v) is 8.53. The normalized spacial score (nSPS) is 52.1. The fraction of sp³-hybridized carbons (Fsp3) is 0.818. The van der Waals surface area contributed by atoms with E-state index < -0.39 is 0 Å². The molecule has 0 heterocycles. The first-order valence-electron chi connectivity index (χ1n) is 10.0. The molecule has 23 heavy (non-hydrogen) atoms. The van der Waals surface area contributed by atoms with Crippen molar-refractivity contribution in [3.05, 3.63) is 23.3 Å². The summed E-state index contributed by atoms with van der Waals surface area (Å²) < 4.78 is 0. The van der Waals surface area contributed by atoms with Crippen molar-refractivity contribution in [3.8, 4) is 0 Å². The van der Waals surface area contributed by atoms with Gasteiger partial charge in [-0.15, -0.1) is 0 Å². The summed E-state index contributed by atoms with van der Waals surface area (Å²) in [4.78, 5) is 0. The molecular formula is C22H34O. The molecule has 0 spiro atoms. The maximum atomic E-state index is 10.9. The van der Waals surface area contributed by atoms with Gasteiger partial charge in [0, 0.05) is 0 Å². The Labute approximate surface area is 142 Å². The molecule has 0 saturated heterocycles. The van der Waals surface area contributed by atoms with Crippen molar-refractivity contribution in [2.75, 3.05) is 0 Å². The first-order valence-corrected chi connectivity index (χ1v) is 10.0. The first kappa shape index (κ1) is 15.9. The lowest BCUT2D eigenvalue weighted by molar-refractivity contribution is -0.0552. The lowest BCUT2D eigenvalue weighted by Gasteiger charge is -2.53. The second-order valence-corrected chi connectivity index (χ2v) is 9.30. The molecule has 2 fully saturated rings. The Morgan fingerprint density at radius 1 is 1.17 bits per heavy atom. The highest BCUT2D eigenvalue weighted by Gasteiger charge is 2.60. The van der Waals surface area contributed by atoms with Gasteiger partial charge in [-0.2, -0.15) is 0 Å². The van der Waals surface area contributed by atoms with Gasteiger partial charge in [-0.05, 0) is 85.0 Å². The summed E-state index contributed by atoms with van der Waals surface area (Å²) in [6.07, 6.45) is 12.8. The molecular weight excluding hydrogens is 280 g/mol. The fourth-order valence-corrected chi connectivity index (χ4v) is 7.13. The molecule has 0 aromatic heterocycles. The van der Waals surface area contributed by atoms with E-state index in [-0.39, 0.29) is 11.5 Å². The summed E-state index contributed by atoms with van der Waals surface area (Å²) in [6.45, 7) is 9.40. The van der Waals surface area contributed by atoms with Crippen LogP contribution >= 0.6 is 0 Å². The maximum absolute atomic E-state index is 10.9. The quantitative estimate of drug-likeness (QED) is 0.691. The van der Waals surface area contributed by atoms with Gasteiger partial charge in [0.05, 0.1) is 6.10 Å². The van der Waals surface area contributed by atoms with Gasteiger partial charge >= 0.3 is 0 Å². The van der Waals surface area contributed by atoms with E-state index in [0.717, 1.165) is 23.7 Å². The molecule has 8 unspecified atom stereocenters. The van der Waals surface area contributed by atoms with E-state index in [1.807, 2.05) is 0 Å². The summed E-state index contributed by atoms with van der Waals surface area (Å²) in [5.41, 5.74) is 3.49. The molecule has 1 N–H and O–H groups in total. The maximum Gasteiger partial charge on any atom is 0.0624 e. The van der Waals surface area contributed by atoms with Gasteiger partial charge in [0.2, 0.25) is 0 Å². The van der Waals surface area contributed by atoms with Gasteiger partial charge in [0.25, 0.3) is 0 Å². The largest absolute Gasteiger partial charge is 0.392 e. The van der Waals surface area contributed by atoms with Crippen molar-refractivity contribution < 1.29 is 5.11 Å². The summed E-state index contributed by atoms with van der Waals surface area (Å²) in [7, 11) is 0. The highest BCUT2D eigenvalue weighted by atomic mass is 16.3. The molecule has 0 aromatic carbocycles. The molecule has 8 atom stereocenters. The summed E-state index contributed by atoms with van der Waals surface area (Å²) >= 11 is 0. The fourth-order valence-electron chi connectivity index (χ4n) is 7.13. The van der Waals surface area contributed by atoms with Crippen LogP contribution in [0.5, 0.6) is 0 Å². The summed E-state index contributed by atoms with van der Waals surface area (Å²) in [6, 6.07) is 0. The van der Waals surface area contributed by atoms with Crippen LogP contribution in [0.15, 0.2) is 23.3 Å². The number of hydrogen-bond donors (Lipinski definition) is 1. The van der Waals surface area contributed by atoms with E-state index in [1.54, 1.807) is 11.1 Å². The summed E-state index contributed by atoms with van der Waals surface area (Å²) in [5.74, 6) is 4.36. The molecule has 0 aliphatic heterocycles. The van der Waals surface area contributed by atoms with E-state index >= 15 is 0 Å². The lowest BCUT2D eigenvalue weighted by Crippen LogP contribution is -2.47. The zero-order valence-electron chi connectivity index (χ0n) is 15.4. The highest BCUT2D eigenvalue weighted by molar-refractivity contribution is 5.33. The number of fused-ring (bicyclic) bond motifs is 5. The van der Waals surface area contributed by atoms with E-state index in [9.17, 15) is 5.11 Å².